The van der Waals surface area contributed by atoms with Crippen LogP contribution in [-0.2, 0) is 24.4 Å². The second-order valence-electron chi connectivity index (χ2n) is 30.1. The van der Waals surface area contributed by atoms with Crippen molar-refractivity contribution >= 4 is 99.9 Å². The van der Waals surface area contributed by atoms with E-state index in [2.05, 4.69) is 210 Å². The Morgan fingerprint density at radius 3 is 1.13 bits per heavy atom. The van der Waals surface area contributed by atoms with Gasteiger partial charge in [-0.3, -0.25) is 60.1 Å². The van der Waals surface area contributed by atoms with Gasteiger partial charge in [-0.15, -0.1) is 0 Å². The molecule has 33 heteroatoms. The number of nitrogens with one attached hydrogen (secondary N) is 11. The van der Waals surface area contributed by atoms with Crippen LogP contribution < -0.4 is 16.0 Å². The van der Waals surface area contributed by atoms with E-state index in [1.54, 1.807) is 86.8 Å². The summed E-state index contributed by atoms with van der Waals surface area (Å²) in [5, 5.41) is 43.2. The molecule has 21 aromatic rings. The van der Waals surface area contributed by atoms with Gasteiger partial charge in [0.15, 0.2) is 45.9 Å². The number of benzene rings is 1. The standard InChI is InChI=1S/C25H20N8.C24H22N8O.C24H24N8.C16H10N8/c1-2-4-16(5-3-1)10-27-11-17-8-18(13-28-12-17)19-9-20-23(32-33-24(20)29-14-19)25-30-21-6-7-26-15-22(21)31-25;33-24(14-4-2-1-3-5-14)28-17-8-15(10-26-12-17)16-9-18-21(31-32-22(18)27-11-16)23-29-19-6-7-25-13-20(19)30-23;1-2-4-15(3-1)9-26-10-16-7-17(12-27-11-16)18-8-19-22(31-32-23(19)28-13-18)24-29-20-5-6-25-14-21(20)30-24;1-2-17-7-13-12(1)21-16(22-13)14-11-3-9(6-20-15(11)24-23-14)10-4-18-8-19-5-10/h1-9,12-15,27H,10-11H2,(H,30,31)(H,29,32,33);6-14H,1-5H2,(H,28,33)(H,29,30)(H,27,31,32);5-8,11-15,26H,1-4,9-10H2,(H,29,30)(H,28,31,32);1-8H,(H,21,22)(H,20,23,24). The number of fused-ring (bicyclic) bond motifs is 8. The van der Waals surface area contributed by atoms with Crippen molar-refractivity contribution in [3.63, 3.8) is 0 Å². The summed E-state index contributed by atoms with van der Waals surface area (Å²) in [5.41, 5.74) is 24.4. The Bertz CT molecular complexity index is 7140. The number of amides is 1. The van der Waals surface area contributed by atoms with Gasteiger partial charge in [0, 0.05) is 163 Å². The molecule has 0 bridgehead atoms. The predicted octanol–water partition coefficient (Wildman–Crippen LogP) is 15.3. The second-order valence-corrected chi connectivity index (χ2v) is 30.1. The Labute approximate surface area is 692 Å². The van der Waals surface area contributed by atoms with Crippen LogP contribution in [0.1, 0.15) is 74.5 Å². The average molecular weight is 1610 g/mol. The highest BCUT2D eigenvalue weighted by Crippen LogP contribution is 2.36. The quantitative estimate of drug-likeness (QED) is 0.0380. The number of nitrogens with zero attached hydrogens (tertiary/aromatic N) is 21. The number of anilines is 1. The molecular weight excluding hydrogens is 1530 g/mol. The van der Waals surface area contributed by atoms with Gasteiger partial charge in [-0.05, 0) is 122 Å². The normalized spacial score (nSPS) is 13.1. The Balaban J connectivity index is 0.000000104. The molecule has 2 fully saturated rings. The number of carbonyl (C=O) groups excluding carboxylic acids is 1. The number of rotatable bonds is 18. The fourth-order valence-corrected chi connectivity index (χ4v) is 15.6. The van der Waals surface area contributed by atoms with Gasteiger partial charge in [0.2, 0.25) is 5.91 Å². The van der Waals surface area contributed by atoms with E-state index in [1.807, 2.05) is 85.7 Å². The highest BCUT2D eigenvalue weighted by atomic mass is 16.1. The Morgan fingerprint density at radius 1 is 0.336 bits per heavy atom. The molecule has 1 aromatic carbocycles. The molecule has 122 heavy (non-hydrogen) atoms. The third-order valence-electron chi connectivity index (χ3n) is 21.9. The zero-order valence-corrected chi connectivity index (χ0v) is 65.5. The lowest BCUT2D eigenvalue weighted by Crippen LogP contribution is -2.24. The second kappa shape index (κ2) is 34.0. The van der Waals surface area contributed by atoms with E-state index in [9.17, 15) is 4.79 Å². The van der Waals surface area contributed by atoms with Gasteiger partial charge >= 0.3 is 0 Å². The third kappa shape index (κ3) is 16.2. The maximum absolute atomic E-state index is 12.7. The highest BCUT2D eigenvalue weighted by Gasteiger charge is 2.24. The smallest absolute Gasteiger partial charge is 0.227 e. The molecule has 2 saturated carbocycles. The van der Waals surface area contributed by atoms with Crippen LogP contribution in [0.2, 0.25) is 0 Å². The lowest BCUT2D eigenvalue weighted by molar-refractivity contribution is -0.120. The number of pyridine rings is 11. The molecule has 11 N–H and O–H groups in total. The Kier molecular flexibility index (Phi) is 20.9. The molecule has 0 radical (unpaired) electrons. The van der Waals surface area contributed by atoms with Gasteiger partial charge in [-0.25, -0.2) is 49.8 Å². The van der Waals surface area contributed by atoms with Gasteiger partial charge in [0.25, 0.3) is 0 Å². The molecule has 23 rings (SSSR count). The minimum absolute atomic E-state index is 0.0822. The first-order valence-corrected chi connectivity index (χ1v) is 40.2. The van der Waals surface area contributed by atoms with Crippen molar-refractivity contribution in [2.24, 2.45) is 11.8 Å². The minimum Gasteiger partial charge on any atom is -0.335 e. The fraction of sp³-hybridized carbons (Fsp3) is 0.169. The summed E-state index contributed by atoms with van der Waals surface area (Å²) < 4.78 is 0. The molecule has 0 atom stereocenters. The number of hydrogen-bond donors (Lipinski definition) is 11. The van der Waals surface area contributed by atoms with Crippen LogP contribution in [0.15, 0.2) is 227 Å². The van der Waals surface area contributed by atoms with Crippen molar-refractivity contribution < 1.29 is 4.79 Å². The van der Waals surface area contributed by atoms with Crippen LogP contribution in [0.25, 0.3) is 179 Å². The van der Waals surface area contributed by atoms with E-state index in [0.29, 0.717) is 45.7 Å². The van der Waals surface area contributed by atoms with Crippen molar-refractivity contribution in [3.05, 3.63) is 244 Å². The Morgan fingerprint density at radius 2 is 0.705 bits per heavy atom. The largest absolute Gasteiger partial charge is 0.335 e. The van der Waals surface area contributed by atoms with Crippen molar-refractivity contribution in [1.29, 1.82) is 0 Å². The zero-order chi connectivity index (χ0) is 81.5. The molecule has 598 valence electrons. The Hall–Kier alpha value is -15.9. The van der Waals surface area contributed by atoms with Crippen LogP contribution in [0, 0.1) is 11.8 Å². The number of H-pyrrole nitrogens is 8. The third-order valence-corrected chi connectivity index (χ3v) is 21.9. The monoisotopic (exact) mass is 1610 g/mol. The van der Waals surface area contributed by atoms with E-state index in [-0.39, 0.29) is 11.8 Å². The molecule has 0 saturated heterocycles. The number of aromatic nitrogens is 29. The first-order valence-electron chi connectivity index (χ1n) is 40.2. The fourth-order valence-electron chi connectivity index (χ4n) is 15.6. The van der Waals surface area contributed by atoms with Crippen molar-refractivity contribution in [3.8, 4) is 90.6 Å². The number of imidazole rings is 4. The van der Waals surface area contributed by atoms with Gasteiger partial charge < -0.3 is 35.9 Å². The summed E-state index contributed by atoms with van der Waals surface area (Å²) in [7, 11) is 0. The summed E-state index contributed by atoms with van der Waals surface area (Å²) in [6.07, 6.45) is 48.0. The first-order chi connectivity index (χ1) is 60.3. The number of hydrogen-bond acceptors (Lipinski definition) is 24. The SMILES string of the molecule is O=C(Nc1cncc(-c2cnc3n[nH]c(-c4nc5ccncc5[nH]4)c3c2)c1)C1CCCCC1.c1cc2nc(-c3[nH]nc4ncc(-c5cncc(CNCC6CCCC6)c5)cc34)[nH]c2cn1.c1cc2nc(-c3[nH]nc4ncc(-c5cncnc5)cc34)[nH]c2cn1.c1ccc(CNCc2cncc(-c3cnc4n[nH]c(-c5nc6ccncc6[nH]5)c4c3)c2)cc1. The molecule has 20 aromatic heterocycles. The molecule has 0 spiro atoms. The van der Waals surface area contributed by atoms with Crippen LogP contribution in [0.5, 0.6) is 0 Å². The zero-order valence-electron chi connectivity index (χ0n) is 65.5. The van der Waals surface area contributed by atoms with E-state index >= 15 is 0 Å². The van der Waals surface area contributed by atoms with Gasteiger partial charge in [0.1, 0.15) is 29.1 Å². The molecular formula is C89H76N32O. The van der Waals surface area contributed by atoms with Gasteiger partial charge in [-0.2, -0.15) is 20.4 Å². The molecule has 1 amide bonds. The molecule has 0 aliphatic heterocycles. The van der Waals surface area contributed by atoms with Gasteiger partial charge in [0.05, 0.1) is 102 Å². The predicted molar refractivity (Wildman–Crippen MR) is 464 cm³/mol. The molecule has 2 aliphatic carbocycles. The molecule has 0 unspecified atom stereocenters. The van der Waals surface area contributed by atoms with Crippen molar-refractivity contribution in [2.75, 3.05) is 11.9 Å². The summed E-state index contributed by atoms with van der Waals surface area (Å²) in [4.78, 5) is 100. The lowest BCUT2D eigenvalue weighted by Gasteiger charge is -2.20. The first kappa shape index (κ1) is 74.9. The maximum Gasteiger partial charge on any atom is 0.227 e. The van der Waals surface area contributed by atoms with Crippen LogP contribution in [0.3, 0.4) is 0 Å². The molecule has 2 aliphatic rings. The summed E-state index contributed by atoms with van der Waals surface area (Å²) in [6.45, 7) is 3.46. The van der Waals surface area contributed by atoms with E-state index in [1.165, 1.54) is 49.6 Å². The van der Waals surface area contributed by atoms with E-state index in [4.69, 9.17) is 0 Å². The van der Waals surface area contributed by atoms with Crippen LogP contribution >= 0.6 is 0 Å². The summed E-state index contributed by atoms with van der Waals surface area (Å²) >= 11 is 0. The average Bonchev–Trinajstić information content (AvgIpc) is 1.67. The number of carbonyl (C=O) groups is 1. The van der Waals surface area contributed by atoms with Crippen molar-refractivity contribution in [2.45, 2.75) is 77.4 Å². The topological polar surface area (TPSA) is 450 Å². The summed E-state index contributed by atoms with van der Waals surface area (Å²) in [5.74, 6) is 3.79. The van der Waals surface area contributed by atoms with Crippen LogP contribution in [0.4, 0.5) is 5.69 Å². The lowest BCUT2D eigenvalue weighted by atomic mass is 9.88. The molecule has 33 nitrogen and oxygen atoms in total. The minimum atomic E-state index is 0.0822. The van der Waals surface area contributed by atoms with E-state index in [0.717, 1.165) is 202 Å². The van der Waals surface area contributed by atoms with Crippen molar-refractivity contribution in [1.82, 2.24) is 156 Å². The van der Waals surface area contributed by atoms with E-state index < -0.39 is 0 Å². The molecule has 20 heterocycles. The number of aromatic amines is 8. The van der Waals surface area contributed by atoms with Gasteiger partial charge in [-0.1, -0.05) is 62.4 Å². The highest BCUT2D eigenvalue weighted by molar-refractivity contribution is 5.98. The maximum atomic E-state index is 12.7. The van der Waals surface area contributed by atoms with Crippen LogP contribution in [-0.4, -0.2) is 158 Å². The summed E-state index contributed by atoms with van der Waals surface area (Å²) in [6, 6.07) is 32.3.